The van der Waals surface area contributed by atoms with Gasteiger partial charge in [-0.2, -0.15) is 5.26 Å². The van der Waals surface area contributed by atoms with Crippen LogP contribution in [-0.4, -0.2) is 16.3 Å². The Morgan fingerprint density at radius 3 is 2.59 bits per heavy atom. The summed E-state index contributed by atoms with van der Waals surface area (Å²) in [6.45, 7) is 0. The van der Waals surface area contributed by atoms with Gasteiger partial charge in [0.25, 0.3) is 4.60 Å². The van der Waals surface area contributed by atoms with Crippen molar-refractivity contribution in [2.24, 2.45) is 0 Å². The maximum absolute atomic E-state index is 11.9. The fourth-order valence-corrected chi connectivity index (χ4v) is 1.24. The Morgan fingerprint density at radius 1 is 1.59 bits per heavy atom. The summed E-state index contributed by atoms with van der Waals surface area (Å²) in [5, 5.41) is 19.0. The Hall–Kier alpha value is -1.89. The molecule has 0 aliphatic rings. The molecule has 90 valence electrons. The number of nitriles is 1. The van der Waals surface area contributed by atoms with Gasteiger partial charge in [-0.15, -0.1) is 13.2 Å². The molecule has 0 aromatic carbocycles. The van der Waals surface area contributed by atoms with Crippen LogP contribution in [0.25, 0.3) is 0 Å². The molecule has 17 heavy (non-hydrogen) atoms. The van der Waals surface area contributed by atoms with Gasteiger partial charge in [0, 0.05) is 22.0 Å². The zero-order valence-electron chi connectivity index (χ0n) is 7.66. The van der Waals surface area contributed by atoms with Gasteiger partial charge in [-0.05, 0) is 9.91 Å². The van der Waals surface area contributed by atoms with Gasteiger partial charge in [-0.25, -0.2) is 0 Å². The molecule has 0 radical (unpaired) electrons. The van der Waals surface area contributed by atoms with E-state index in [0.717, 1.165) is 0 Å². The number of alkyl halides is 3. The van der Waals surface area contributed by atoms with Gasteiger partial charge >= 0.3 is 12.2 Å². The highest BCUT2D eigenvalue weighted by Gasteiger charge is 2.34. The van der Waals surface area contributed by atoms with Crippen LogP contribution in [-0.2, 0) is 0 Å². The molecule has 10 heteroatoms. The van der Waals surface area contributed by atoms with Gasteiger partial charge in [0.1, 0.15) is 6.07 Å². The first-order valence-electron chi connectivity index (χ1n) is 3.75. The number of ether oxygens (including phenoxy) is 1. The summed E-state index contributed by atoms with van der Waals surface area (Å²) in [5.74, 6) is -1.67. The van der Waals surface area contributed by atoms with Crippen molar-refractivity contribution in [1.29, 1.82) is 5.26 Å². The van der Waals surface area contributed by atoms with E-state index in [1.54, 1.807) is 0 Å². The molecule has 0 saturated carbocycles. The molecule has 0 aliphatic carbocycles. The average Bonchev–Trinajstić information content (AvgIpc) is 2.18. The van der Waals surface area contributed by atoms with Gasteiger partial charge in [0.15, 0.2) is 11.3 Å². The van der Waals surface area contributed by atoms with E-state index in [2.05, 4.69) is 25.7 Å². The molecule has 0 unspecified atom stereocenters. The number of aromatic nitrogens is 1. The van der Waals surface area contributed by atoms with Gasteiger partial charge in [-0.3, -0.25) is 0 Å². The maximum Gasteiger partial charge on any atom is 0.573 e. The Labute approximate surface area is 99.9 Å². The predicted molar refractivity (Wildman–Crippen MR) is 50.0 cm³/mol. The molecule has 0 spiro atoms. The van der Waals surface area contributed by atoms with Crippen molar-refractivity contribution in [3.05, 3.63) is 26.3 Å². The second-order valence-corrected chi connectivity index (χ2v) is 3.32. The molecule has 0 saturated heterocycles. The van der Waals surface area contributed by atoms with Crippen LogP contribution in [0.3, 0.4) is 0 Å². The van der Waals surface area contributed by atoms with Crippen LogP contribution in [0.15, 0.2) is 10.7 Å². The minimum atomic E-state index is -4.98. The molecule has 0 aliphatic heterocycles. The Bertz CT molecular complexity index is 512. The molecule has 0 atom stereocenters. The third-order valence-electron chi connectivity index (χ3n) is 1.44. The molecule has 1 aromatic heterocycles. The first kappa shape index (κ1) is 13.2. The van der Waals surface area contributed by atoms with Gasteiger partial charge in [-0.1, -0.05) is 0 Å². The summed E-state index contributed by atoms with van der Waals surface area (Å²) in [5.41, 5.74) is -0.627. The van der Waals surface area contributed by atoms with Crippen molar-refractivity contribution >= 4 is 21.7 Å². The minimum Gasteiger partial charge on any atom is -0.400 e. The molecular weight excluding hydrogens is 311 g/mol. The van der Waals surface area contributed by atoms with Crippen LogP contribution in [0.4, 0.5) is 19.0 Å². The van der Waals surface area contributed by atoms with Crippen molar-refractivity contribution in [2.45, 2.75) is 6.36 Å². The summed E-state index contributed by atoms with van der Waals surface area (Å²) in [6.07, 6.45) is -4.98. The highest BCUT2D eigenvalue weighted by molar-refractivity contribution is 9.10. The zero-order valence-corrected chi connectivity index (χ0v) is 9.24. The van der Waals surface area contributed by atoms with Gasteiger partial charge in [0.2, 0.25) is 0 Å². The molecule has 6 nitrogen and oxygen atoms in total. The second-order valence-electron chi connectivity index (χ2n) is 2.57. The lowest BCUT2D eigenvalue weighted by Crippen LogP contribution is -2.18. The van der Waals surface area contributed by atoms with Crippen LogP contribution < -0.4 is 4.74 Å². The lowest BCUT2D eigenvalue weighted by molar-refractivity contribution is -0.390. The third kappa shape index (κ3) is 3.28. The number of nitrogens with zero attached hydrogens (tertiary/aromatic N) is 3. The normalized spacial score (nSPS) is 10.8. The first-order chi connectivity index (χ1) is 7.74. The number of halogens is 4. The molecule has 0 amide bonds. The van der Waals surface area contributed by atoms with E-state index in [-0.39, 0.29) is 0 Å². The summed E-state index contributed by atoms with van der Waals surface area (Å²) < 4.78 is 38.8. The molecular formula is C7HBrF3N3O3. The molecule has 0 bridgehead atoms. The van der Waals surface area contributed by atoms with Crippen LogP contribution >= 0.6 is 15.9 Å². The third-order valence-corrected chi connectivity index (χ3v) is 2.01. The van der Waals surface area contributed by atoms with Gasteiger partial charge in [0.05, 0.1) is 0 Å². The fourth-order valence-electron chi connectivity index (χ4n) is 0.881. The number of pyridine rings is 1. The Kier molecular flexibility index (Phi) is 3.52. The standard InChI is InChI=1S/C7HBrF3N3O3/c8-5-4(17-7(9,10)11)1-3(2-12)6(13-5)14(15)16/h1H. The topological polar surface area (TPSA) is 89.0 Å². The minimum absolute atomic E-state index is 0.513. The number of nitro groups is 1. The fraction of sp³-hybridized carbons (Fsp3) is 0.143. The number of hydrogen-bond donors (Lipinski definition) is 0. The van der Waals surface area contributed by atoms with Crippen molar-refractivity contribution < 1.29 is 22.8 Å². The smallest absolute Gasteiger partial charge is 0.400 e. The largest absolute Gasteiger partial charge is 0.573 e. The molecule has 0 N–H and O–H groups in total. The molecule has 1 heterocycles. The van der Waals surface area contributed by atoms with E-state index >= 15 is 0 Å². The SMILES string of the molecule is N#Cc1cc(OC(F)(F)F)c(Br)nc1[N+](=O)[O-]. The van der Waals surface area contributed by atoms with Crippen LogP contribution in [0.5, 0.6) is 5.75 Å². The number of rotatable bonds is 2. The summed E-state index contributed by atoms with van der Waals surface area (Å²) in [6, 6.07) is 1.94. The Balaban J connectivity index is 3.29. The van der Waals surface area contributed by atoms with E-state index in [1.165, 1.54) is 6.07 Å². The monoisotopic (exact) mass is 311 g/mol. The van der Waals surface area contributed by atoms with Crippen molar-refractivity contribution in [2.75, 3.05) is 0 Å². The second kappa shape index (κ2) is 4.54. The highest BCUT2D eigenvalue weighted by atomic mass is 79.9. The summed E-state index contributed by atoms with van der Waals surface area (Å²) >= 11 is 2.58. The Morgan fingerprint density at radius 2 is 2.18 bits per heavy atom. The predicted octanol–water partition coefficient (Wildman–Crippen LogP) is 2.52. The van der Waals surface area contributed by atoms with E-state index in [9.17, 15) is 23.3 Å². The van der Waals surface area contributed by atoms with Crippen LogP contribution in [0, 0.1) is 21.4 Å². The molecule has 1 aromatic rings. The zero-order chi connectivity index (χ0) is 13.2. The van der Waals surface area contributed by atoms with Crippen molar-refractivity contribution in [3.8, 4) is 11.8 Å². The quantitative estimate of drug-likeness (QED) is 0.475. The van der Waals surface area contributed by atoms with Crippen molar-refractivity contribution in [1.82, 2.24) is 4.98 Å². The molecule has 1 rings (SSSR count). The van der Waals surface area contributed by atoms with Crippen molar-refractivity contribution in [3.63, 3.8) is 0 Å². The summed E-state index contributed by atoms with van der Waals surface area (Å²) in [4.78, 5) is 12.6. The van der Waals surface area contributed by atoms with E-state index in [0.29, 0.717) is 6.07 Å². The summed E-state index contributed by atoms with van der Waals surface area (Å²) in [7, 11) is 0. The number of hydrogen-bond acceptors (Lipinski definition) is 5. The van der Waals surface area contributed by atoms with Gasteiger partial charge < -0.3 is 14.9 Å². The maximum atomic E-state index is 11.9. The lowest BCUT2D eigenvalue weighted by atomic mass is 10.3. The lowest BCUT2D eigenvalue weighted by Gasteiger charge is -2.08. The van der Waals surface area contributed by atoms with E-state index in [4.69, 9.17) is 5.26 Å². The molecule has 0 fully saturated rings. The van der Waals surface area contributed by atoms with Crippen LogP contribution in [0.1, 0.15) is 5.56 Å². The first-order valence-corrected chi connectivity index (χ1v) is 4.54. The van der Waals surface area contributed by atoms with E-state index in [1.807, 2.05) is 0 Å². The van der Waals surface area contributed by atoms with E-state index < -0.39 is 33.0 Å². The average molecular weight is 312 g/mol. The highest BCUT2D eigenvalue weighted by Crippen LogP contribution is 2.32. The van der Waals surface area contributed by atoms with Crippen LogP contribution in [0.2, 0.25) is 0 Å².